The molecular formula is C14H20N2O2. The van der Waals surface area contributed by atoms with Crippen molar-refractivity contribution in [3.8, 4) is 0 Å². The maximum atomic E-state index is 12.1. The van der Waals surface area contributed by atoms with E-state index in [-0.39, 0.29) is 24.5 Å². The number of aliphatic hydroxyl groups excluding tert-OH is 1. The number of rotatable bonds is 3. The third kappa shape index (κ3) is 3.07. The minimum absolute atomic E-state index is 0.0865. The molecule has 1 aromatic heterocycles. The molecule has 0 aromatic carbocycles. The van der Waals surface area contributed by atoms with Crippen LogP contribution >= 0.6 is 0 Å². The number of carbonyl (C=O) groups is 1. The lowest BCUT2D eigenvalue weighted by atomic mass is 9.85. The molecule has 98 valence electrons. The SMILES string of the molecule is Cc1cncc(C(=O)N[C@H]2CCCC[C@H]2CO)c1. The second-order valence-corrected chi connectivity index (χ2v) is 5.06. The molecule has 1 aliphatic rings. The molecular weight excluding hydrogens is 228 g/mol. The minimum Gasteiger partial charge on any atom is -0.396 e. The molecule has 2 atom stereocenters. The number of pyridine rings is 1. The van der Waals surface area contributed by atoms with E-state index in [2.05, 4.69) is 10.3 Å². The molecule has 4 nitrogen and oxygen atoms in total. The summed E-state index contributed by atoms with van der Waals surface area (Å²) < 4.78 is 0. The van der Waals surface area contributed by atoms with Gasteiger partial charge in [0, 0.05) is 31.0 Å². The predicted molar refractivity (Wildman–Crippen MR) is 69.3 cm³/mol. The van der Waals surface area contributed by atoms with Gasteiger partial charge >= 0.3 is 0 Å². The summed E-state index contributed by atoms with van der Waals surface area (Å²) in [6, 6.07) is 1.93. The summed E-state index contributed by atoms with van der Waals surface area (Å²) in [5.74, 6) is 0.108. The van der Waals surface area contributed by atoms with Crippen LogP contribution < -0.4 is 5.32 Å². The number of hydrogen-bond acceptors (Lipinski definition) is 3. The lowest BCUT2D eigenvalue weighted by molar-refractivity contribution is 0.0872. The average Bonchev–Trinajstić information content (AvgIpc) is 2.39. The molecule has 1 amide bonds. The summed E-state index contributed by atoms with van der Waals surface area (Å²) in [4.78, 5) is 16.1. The van der Waals surface area contributed by atoms with Gasteiger partial charge in [-0.15, -0.1) is 0 Å². The van der Waals surface area contributed by atoms with Crippen LogP contribution in [0.3, 0.4) is 0 Å². The number of aliphatic hydroxyl groups is 1. The molecule has 0 saturated heterocycles. The standard InChI is InChI=1S/C14H20N2O2/c1-10-6-12(8-15-7-10)14(18)16-13-5-3-2-4-11(13)9-17/h6-8,11,13,17H,2-5,9H2,1H3,(H,16,18)/t11-,13-/m0/s1. The second kappa shape index (κ2) is 5.96. The number of nitrogens with zero attached hydrogens (tertiary/aromatic N) is 1. The van der Waals surface area contributed by atoms with Gasteiger partial charge in [-0.25, -0.2) is 0 Å². The van der Waals surface area contributed by atoms with Crippen molar-refractivity contribution in [1.29, 1.82) is 0 Å². The van der Waals surface area contributed by atoms with Crippen LogP contribution in [-0.2, 0) is 0 Å². The predicted octanol–water partition coefficient (Wildman–Crippen LogP) is 1.67. The molecule has 2 N–H and O–H groups in total. The zero-order chi connectivity index (χ0) is 13.0. The smallest absolute Gasteiger partial charge is 0.253 e. The molecule has 0 unspecified atom stereocenters. The number of amides is 1. The fraction of sp³-hybridized carbons (Fsp3) is 0.571. The van der Waals surface area contributed by atoms with Crippen molar-refractivity contribution < 1.29 is 9.90 Å². The maximum Gasteiger partial charge on any atom is 0.253 e. The first kappa shape index (κ1) is 13.0. The molecule has 4 heteroatoms. The van der Waals surface area contributed by atoms with Crippen LogP contribution in [0.4, 0.5) is 0 Å². The lowest BCUT2D eigenvalue weighted by Crippen LogP contribution is -2.43. The highest BCUT2D eigenvalue weighted by atomic mass is 16.3. The minimum atomic E-state index is -0.0865. The van der Waals surface area contributed by atoms with Gasteiger partial charge in [0.2, 0.25) is 0 Å². The van der Waals surface area contributed by atoms with E-state index in [4.69, 9.17) is 0 Å². The van der Waals surface area contributed by atoms with Crippen LogP contribution in [0.2, 0.25) is 0 Å². The van der Waals surface area contributed by atoms with E-state index in [0.29, 0.717) is 5.56 Å². The van der Waals surface area contributed by atoms with E-state index in [1.165, 1.54) is 0 Å². The van der Waals surface area contributed by atoms with Crippen molar-refractivity contribution in [3.63, 3.8) is 0 Å². The molecule has 1 aliphatic carbocycles. The van der Waals surface area contributed by atoms with Crippen LogP contribution in [0.15, 0.2) is 18.5 Å². The Kier molecular flexibility index (Phi) is 4.31. The maximum absolute atomic E-state index is 12.1. The van der Waals surface area contributed by atoms with Crippen molar-refractivity contribution in [1.82, 2.24) is 10.3 Å². The van der Waals surface area contributed by atoms with Gasteiger partial charge in [-0.2, -0.15) is 0 Å². The Morgan fingerprint density at radius 3 is 2.94 bits per heavy atom. The molecule has 2 rings (SSSR count). The van der Waals surface area contributed by atoms with E-state index in [9.17, 15) is 9.90 Å². The number of nitrogens with one attached hydrogen (secondary N) is 1. The van der Waals surface area contributed by atoms with Gasteiger partial charge in [0.05, 0.1) is 5.56 Å². The molecule has 0 aliphatic heterocycles. The Morgan fingerprint density at radius 2 is 2.22 bits per heavy atom. The zero-order valence-electron chi connectivity index (χ0n) is 10.7. The fourth-order valence-corrected chi connectivity index (χ4v) is 2.55. The largest absolute Gasteiger partial charge is 0.396 e. The quantitative estimate of drug-likeness (QED) is 0.855. The van der Waals surface area contributed by atoms with Crippen molar-refractivity contribution in [3.05, 3.63) is 29.6 Å². The summed E-state index contributed by atoms with van der Waals surface area (Å²) in [6.45, 7) is 2.07. The summed E-state index contributed by atoms with van der Waals surface area (Å²) in [6.07, 6.45) is 7.52. The van der Waals surface area contributed by atoms with Gasteiger partial charge in [-0.3, -0.25) is 9.78 Å². The summed E-state index contributed by atoms with van der Waals surface area (Å²) in [5.41, 5.74) is 1.57. The third-order valence-electron chi connectivity index (χ3n) is 3.60. The molecule has 0 radical (unpaired) electrons. The van der Waals surface area contributed by atoms with Gasteiger partial charge in [0.15, 0.2) is 0 Å². The molecule has 0 spiro atoms. The Morgan fingerprint density at radius 1 is 1.44 bits per heavy atom. The highest BCUT2D eigenvalue weighted by Crippen LogP contribution is 2.24. The molecule has 1 heterocycles. The van der Waals surface area contributed by atoms with Crippen LogP contribution in [0.25, 0.3) is 0 Å². The first-order chi connectivity index (χ1) is 8.70. The zero-order valence-corrected chi connectivity index (χ0v) is 10.7. The van der Waals surface area contributed by atoms with E-state index in [0.717, 1.165) is 31.2 Å². The van der Waals surface area contributed by atoms with E-state index < -0.39 is 0 Å². The van der Waals surface area contributed by atoms with Gasteiger partial charge in [0.25, 0.3) is 5.91 Å². The lowest BCUT2D eigenvalue weighted by Gasteiger charge is -2.30. The van der Waals surface area contributed by atoms with Gasteiger partial charge in [0.1, 0.15) is 0 Å². The van der Waals surface area contributed by atoms with Gasteiger partial charge in [-0.05, 0) is 31.4 Å². The topological polar surface area (TPSA) is 62.2 Å². The Labute approximate surface area is 107 Å². The van der Waals surface area contributed by atoms with Crippen LogP contribution in [0.5, 0.6) is 0 Å². The monoisotopic (exact) mass is 248 g/mol. The molecule has 1 saturated carbocycles. The molecule has 1 aromatic rings. The summed E-state index contributed by atoms with van der Waals surface area (Å²) in [7, 11) is 0. The van der Waals surface area contributed by atoms with Crippen molar-refractivity contribution >= 4 is 5.91 Å². The Bertz CT molecular complexity index is 420. The molecule has 1 fully saturated rings. The van der Waals surface area contributed by atoms with E-state index in [1.807, 2.05) is 13.0 Å². The number of aromatic nitrogens is 1. The third-order valence-corrected chi connectivity index (χ3v) is 3.60. The number of aryl methyl sites for hydroxylation is 1. The highest BCUT2D eigenvalue weighted by molar-refractivity contribution is 5.94. The van der Waals surface area contributed by atoms with E-state index in [1.54, 1.807) is 12.4 Å². The highest BCUT2D eigenvalue weighted by Gasteiger charge is 2.26. The molecule has 0 bridgehead atoms. The van der Waals surface area contributed by atoms with Crippen molar-refractivity contribution in [2.45, 2.75) is 38.6 Å². The van der Waals surface area contributed by atoms with Crippen molar-refractivity contribution in [2.24, 2.45) is 5.92 Å². The van der Waals surface area contributed by atoms with Crippen LogP contribution in [-0.4, -0.2) is 28.6 Å². The van der Waals surface area contributed by atoms with Crippen LogP contribution in [0, 0.1) is 12.8 Å². The second-order valence-electron chi connectivity index (χ2n) is 5.06. The number of hydrogen-bond donors (Lipinski definition) is 2. The van der Waals surface area contributed by atoms with E-state index >= 15 is 0 Å². The van der Waals surface area contributed by atoms with Gasteiger partial charge < -0.3 is 10.4 Å². The Balaban J connectivity index is 2.02. The van der Waals surface area contributed by atoms with Crippen LogP contribution in [0.1, 0.15) is 41.6 Å². The van der Waals surface area contributed by atoms with Crippen molar-refractivity contribution in [2.75, 3.05) is 6.61 Å². The fourth-order valence-electron chi connectivity index (χ4n) is 2.55. The first-order valence-corrected chi connectivity index (χ1v) is 6.54. The molecule has 18 heavy (non-hydrogen) atoms. The average molecular weight is 248 g/mol. The summed E-state index contributed by atoms with van der Waals surface area (Å²) >= 11 is 0. The Hall–Kier alpha value is -1.42. The normalized spacial score (nSPS) is 23.7. The number of carbonyl (C=O) groups excluding carboxylic acids is 1. The first-order valence-electron chi connectivity index (χ1n) is 6.54. The van der Waals surface area contributed by atoms with Gasteiger partial charge in [-0.1, -0.05) is 12.8 Å². The summed E-state index contributed by atoms with van der Waals surface area (Å²) in [5, 5.41) is 12.3.